The summed E-state index contributed by atoms with van der Waals surface area (Å²) in [5.41, 5.74) is 0. The van der Waals surface area contributed by atoms with Gasteiger partial charge in [0, 0.05) is 37.2 Å². The monoisotopic (exact) mass is 427 g/mol. The van der Waals surface area contributed by atoms with Crippen molar-refractivity contribution in [2.45, 2.75) is 56.5 Å². The van der Waals surface area contributed by atoms with Gasteiger partial charge < -0.3 is 5.32 Å². The fraction of sp³-hybridized carbons (Fsp3) is 0.650. The van der Waals surface area contributed by atoms with Crippen LogP contribution in [0.25, 0.3) is 0 Å². The number of carbonyl (C=O) groups is 1. The molecule has 2 fully saturated rings. The minimum atomic E-state index is -3.53. The van der Waals surface area contributed by atoms with Crippen LogP contribution in [0.5, 0.6) is 0 Å². The van der Waals surface area contributed by atoms with Crippen LogP contribution < -0.4 is 5.32 Å². The lowest BCUT2D eigenvalue weighted by Crippen LogP contribution is -2.56. The minimum absolute atomic E-state index is 0.0489. The second-order valence-electron chi connectivity index (χ2n) is 7.95. The third-order valence-electron chi connectivity index (χ3n) is 6.09. The van der Waals surface area contributed by atoms with Gasteiger partial charge in [-0.25, -0.2) is 8.42 Å². The highest BCUT2D eigenvalue weighted by molar-refractivity contribution is 7.89. The van der Waals surface area contributed by atoms with Crippen LogP contribution in [0, 0.1) is 5.92 Å². The molecule has 1 saturated carbocycles. The second kappa shape index (κ2) is 9.11. The van der Waals surface area contributed by atoms with Crippen molar-refractivity contribution >= 4 is 27.5 Å². The number of amides is 1. The van der Waals surface area contributed by atoms with E-state index in [2.05, 4.69) is 17.1 Å². The average Bonchev–Trinajstić information content (AvgIpc) is 2.69. The third kappa shape index (κ3) is 4.87. The summed E-state index contributed by atoms with van der Waals surface area (Å²) in [6.07, 6.45) is 4.63. The molecule has 1 amide bonds. The smallest absolute Gasteiger partial charge is 0.243 e. The zero-order chi connectivity index (χ0) is 20.3. The molecule has 1 saturated heterocycles. The van der Waals surface area contributed by atoms with Gasteiger partial charge in [-0.2, -0.15) is 4.31 Å². The Kier molecular flexibility index (Phi) is 7.02. The van der Waals surface area contributed by atoms with Crippen LogP contribution in [-0.4, -0.2) is 61.8 Å². The molecule has 1 aliphatic heterocycles. The first kappa shape index (κ1) is 21.6. The van der Waals surface area contributed by atoms with E-state index in [-0.39, 0.29) is 22.9 Å². The number of nitrogens with zero attached hydrogens (tertiary/aromatic N) is 2. The lowest BCUT2D eigenvalue weighted by Gasteiger charge is -2.38. The summed E-state index contributed by atoms with van der Waals surface area (Å²) >= 11 is 5.86. The molecule has 1 N–H and O–H groups in total. The van der Waals surface area contributed by atoms with E-state index in [1.807, 2.05) is 6.92 Å². The van der Waals surface area contributed by atoms with E-state index in [0.29, 0.717) is 37.1 Å². The number of nitrogens with one attached hydrogen (secondary N) is 1. The van der Waals surface area contributed by atoms with Crippen molar-refractivity contribution in [3.63, 3.8) is 0 Å². The van der Waals surface area contributed by atoms with E-state index < -0.39 is 10.0 Å². The maximum atomic E-state index is 12.8. The van der Waals surface area contributed by atoms with Crippen LogP contribution in [0.1, 0.15) is 39.5 Å². The first-order valence-corrected chi connectivity index (χ1v) is 11.9. The number of halogens is 1. The van der Waals surface area contributed by atoms with Gasteiger partial charge in [0.2, 0.25) is 15.9 Å². The molecule has 0 bridgehead atoms. The number of rotatable bonds is 5. The van der Waals surface area contributed by atoms with E-state index in [4.69, 9.17) is 11.6 Å². The Morgan fingerprint density at radius 2 is 1.71 bits per heavy atom. The van der Waals surface area contributed by atoms with Crippen molar-refractivity contribution in [3.8, 4) is 0 Å². The highest BCUT2D eigenvalue weighted by atomic mass is 35.5. The van der Waals surface area contributed by atoms with Crippen molar-refractivity contribution in [2.75, 3.05) is 26.2 Å². The zero-order valence-electron chi connectivity index (χ0n) is 16.6. The van der Waals surface area contributed by atoms with E-state index in [1.54, 1.807) is 12.1 Å². The van der Waals surface area contributed by atoms with Crippen LogP contribution in [0.3, 0.4) is 0 Å². The SMILES string of the molecule is CC1CCCCC1NC(=O)C(C)N1CCN(S(=O)(=O)c2ccc(Cl)cc2)CC1. The van der Waals surface area contributed by atoms with Gasteiger partial charge in [-0.05, 0) is 49.9 Å². The predicted molar refractivity (Wildman–Crippen MR) is 111 cm³/mol. The van der Waals surface area contributed by atoms with Gasteiger partial charge in [-0.15, -0.1) is 0 Å². The molecule has 3 rings (SSSR count). The molecule has 1 aromatic rings. The second-order valence-corrected chi connectivity index (χ2v) is 10.3. The molecule has 0 aromatic heterocycles. The van der Waals surface area contributed by atoms with Crippen molar-refractivity contribution in [1.29, 1.82) is 0 Å². The summed E-state index contributed by atoms with van der Waals surface area (Å²) < 4.78 is 27.1. The molecule has 8 heteroatoms. The topological polar surface area (TPSA) is 69.7 Å². The molecule has 0 spiro atoms. The van der Waals surface area contributed by atoms with E-state index >= 15 is 0 Å². The van der Waals surface area contributed by atoms with Gasteiger partial charge in [0.05, 0.1) is 10.9 Å². The standard InChI is InChI=1S/C20H30ClN3O3S/c1-15-5-3-4-6-19(15)22-20(25)16(2)23-11-13-24(14-12-23)28(26,27)18-9-7-17(21)8-10-18/h7-10,15-16,19H,3-6,11-14H2,1-2H3,(H,22,25). The Balaban J connectivity index is 1.55. The Bertz CT molecular complexity index is 776. The maximum Gasteiger partial charge on any atom is 0.243 e. The summed E-state index contributed by atoms with van der Waals surface area (Å²) in [5, 5.41) is 3.72. The number of hydrogen-bond acceptors (Lipinski definition) is 4. The molecule has 156 valence electrons. The molecular formula is C20H30ClN3O3S. The molecule has 1 aromatic carbocycles. The van der Waals surface area contributed by atoms with Crippen LogP contribution in [-0.2, 0) is 14.8 Å². The predicted octanol–water partition coefficient (Wildman–Crippen LogP) is 2.73. The normalized spacial score (nSPS) is 26.0. The lowest BCUT2D eigenvalue weighted by molar-refractivity contribution is -0.127. The van der Waals surface area contributed by atoms with E-state index in [0.717, 1.165) is 6.42 Å². The quantitative estimate of drug-likeness (QED) is 0.784. The average molecular weight is 428 g/mol. The zero-order valence-corrected chi connectivity index (χ0v) is 18.2. The largest absolute Gasteiger partial charge is 0.352 e. The van der Waals surface area contributed by atoms with E-state index in [9.17, 15) is 13.2 Å². The Hall–Kier alpha value is -1.15. The number of carbonyl (C=O) groups excluding carboxylic acids is 1. The van der Waals surface area contributed by atoms with Crippen molar-refractivity contribution in [1.82, 2.24) is 14.5 Å². The number of piperazine rings is 1. The van der Waals surface area contributed by atoms with Crippen LogP contribution in [0.15, 0.2) is 29.2 Å². The molecule has 2 aliphatic rings. The van der Waals surface area contributed by atoms with Crippen molar-refractivity contribution in [3.05, 3.63) is 29.3 Å². The summed E-state index contributed by atoms with van der Waals surface area (Å²) in [4.78, 5) is 15.0. The van der Waals surface area contributed by atoms with Gasteiger partial charge in [0.25, 0.3) is 0 Å². The first-order chi connectivity index (χ1) is 13.3. The summed E-state index contributed by atoms with van der Waals surface area (Å²) in [6.45, 7) is 5.95. The Morgan fingerprint density at radius 3 is 2.32 bits per heavy atom. The molecule has 3 atom stereocenters. The highest BCUT2D eigenvalue weighted by Gasteiger charge is 2.33. The molecular weight excluding hydrogens is 398 g/mol. The molecule has 1 aliphatic carbocycles. The van der Waals surface area contributed by atoms with E-state index in [1.165, 1.54) is 35.7 Å². The van der Waals surface area contributed by atoms with Crippen LogP contribution in [0.2, 0.25) is 5.02 Å². The first-order valence-electron chi connectivity index (χ1n) is 10.1. The number of hydrogen-bond donors (Lipinski definition) is 1. The lowest BCUT2D eigenvalue weighted by atomic mass is 9.86. The molecule has 1 heterocycles. The van der Waals surface area contributed by atoms with Gasteiger partial charge in [0.15, 0.2) is 0 Å². The Labute approximate surface area is 173 Å². The van der Waals surface area contributed by atoms with Crippen molar-refractivity contribution < 1.29 is 13.2 Å². The number of benzene rings is 1. The van der Waals surface area contributed by atoms with Crippen LogP contribution in [0.4, 0.5) is 0 Å². The summed E-state index contributed by atoms with van der Waals surface area (Å²) in [7, 11) is -3.53. The summed E-state index contributed by atoms with van der Waals surface area (Å²) in [5.74, 6) is 0.569. The highest BCUT2D eigenvalue weighted by Crippen LogP contribution is 2.24. The van der Waals surface area contributed by atoms with Gasteiger partial charge in [-0.3, -0.25) is 9.69 Å². The molecule has 6 nitrogen and oxygen atoms in total. The fourth-order valence-electron chi connectivity index (χ4n) is 4.09. The fourth-order valence-corrected chi connectivity index (χ4v) is 5.63. The molecule has 0 radical (unpaired) electrons. The van der Waals surface area contributed by atoms with Gasteiger partial charge >= 0.3 is 0 Å². The molecule has 3 unspecified atom stereocenters. The van der Waals surface area contributed by atoms with Gasteiger partial charge in [-0.1, -0.05) is 31.4 Å². The minimum Gasteiger partial charge on any atom is -0.352 e. The third-order valence-corrected chi connectivity index (χ3v) is 8.26. The van der Waals surface area contributed by atoms with Crippen LogP contribution >= 0.6 is 11.6 Å². The molecule has 28 heavy (non-hydrogen) atoms. The van der Waals surface area contributed by atoms with Crippen molar-refractivity contribution in [2.24, 2.45) is 5.92 Å². The Morgan fingerprint density at radius 1 is 1.11 bits per heavy atom. The van der Waals surface area contributed by atoms with Gasteiger partial charge in [0.1, 0.15) is 0 Å². The number of sulfonamides is 1. The maximum absolute atomic E-state index is 12.8. The summed E-state index contributed by atoms with van der Waals surface area (Å²) in [6, 6.07) is 6.24.